The van der Waals surface area contributed by atoms with Crippen LogP contribution in [0, 0.1) is 5.92 Å². The van der Waals surface area contributed by atoms with Gasteiger partial charge < -0.3 is 15.5 Å². The van der Waals surface area contributed by atoms with Gasteiger partial charge in [0, 0.05) is 31.7 Å². The fourth-order valence-corrected chi connectivity index (χ4v) is 4.08. The maximum absolute atomic E-state index is 12.4. The second kappa shape index (κ2) is 7.75. The van der Waals surface area contributed by atoms with Crippen LogP contribution in [0.5, 0.6) is 0 Å². The van der Waals surface area contributed by atoms with Gasteiger partial charge in [0.1, 0.15) is 0 Å². The summed E-state index contributed by atoms with van der Waals surface area (Å²) in [5, 5.41) is 7.00. The third kappa shape index (κ3) is 3.93. The Labute approximate surface area is 161 Å². The van der Waals surface area contributed by atoms with Crippen molar-refractivity contribution in [1.29, 1.82) is 0 Å². The van der Waals surface area contributed by atoms with Crippen LogP contribution >= 0.6 is 11.3 Å². The van der Waals surface area contributed by atoms with E-state index in [0.29, 0.717) is 19.6 Å². The minimum atomic E-state index is -0.305. The van der Waals surface area contributed by atoms with Crippen LogP contribution in [0.3, 0.4) is 0 Å². The third-order valence-electron chi connectivity index (χ3n) is 4.56. The lowest BCUT2D eigenvalue weighted by Crippen LogP contribution is -2.35. The molecule has 0 aliphatic carbocycles. The van der Waals surface area contributed by atoms with Gasteiger partial charge in [-0.25, -0.2) is 4.98 Å². The zero-order valence-electron chi connectivity index (χ0n) is 14.7. The number of aromatic nitrogens is 1. The van der Waals surface area contributed by atoms with Gasteiger partial charge >= 0.3 is 0 Å². The molecular formula is C20H20N4O2S. The quantitative estimate of drug-likeness (QED) is 0.645. The van der Waals surface area contributed by atoms with Gasteiger partial charge in [0.25, 0.3) is 0 Å². The van der Waals surface area contributed by atoms with Gasteiger partial charge in [0.15, 0.2) is 5.13 Å². The summed E-state index contributed by atoms with van der Waals surface area (Å²) in [6, 6.07) is 17.4. The van der Waals surface area contributed by atoms with Crippen molar-refractivity contribution in [1.82, 2.24) is 10.3 Å². The van der Waals surface area contributed by atoms with E-state index >= 15 is 0 Å². The van der Waals surface area contributed by atoms with Crippen molar-refractivity contribution in [3.63, 3.8) is 0 Å². The highest BCUT2D eigenvalue weighted by atomic mass is 32.1. The summed E-state index contributed by atoms with van der Waals surface area (Å²) in [6.45, 7) is 1.51. The molecule has 2 N–H and O–H groups in total. The molecule has 2 amide bonds. The van der Waals surface area contributed by atoms with E-state index < -0.39 is 0 Å². The van der Waals surface area contributed by atoms with E-state index in [4.69, 9.17) is 0 Å². The van der Waals surface area contributed by atoms with Crippen LogP contribution in [0.25, 0.3) is 10.2 Å². The average molecular weight is 380 g/mol. The number of nitrogens with zero attached hydrogens (tertiary/aromatic N) is 2. The van der Waals surface area contributed by atoms with Crippen molar-refractivity contribution in [2.24, 2.45) is 5.92 Å². The monoisotopic (exact) mass is 380 g/mol. The van der Waals surface area contributed by atoms with Gasteiger partial charge in [0.2, 0.25) is 11.8 Å². The molecule has 3 aromatic rings. The number of carbonyl (C=O) groups is 2. The standard InChI is InChI=1S/C20H20N4O2S/c25-18-12-14(13-24(18)15-6-2-1-3-7-15)19(26)21-10-11-22-20-23-16-8-4-5-9-17(16)27-20/h1-9,14H,10-13H2,(H,21,26)(H,22,23). The predicted octanol–water partition coefficient (Wildman–Crippen LogP) is 2.88. The zero-order chi connectivity index (χ0) is 18.6. The van der Waals surface area contributed by atoms with Crippen molar-refractivity contribution in [2.45, 2.75) is 6.42 Å². The molecule has 6 nitrogen and oxygen atoms in total. The lowest BCUT2D eigenvalue weighted by atomic mass is 10.1. The number of carbonyl (C=O) groups excluding carboxylic acids is 2. The second-order valence-electron chi connectivity index (χ2n) is 6.45. The van der Waals surface area contributed by atoms with Crippen LogP contribution in [0.4, 0.5) is 10.8 Å². The highest BCUT2D eigenvalue weighted by Gasteiger charge is 2.34. The second-order valence-corrected chi connectivity index (χ2v) is 7.48. The predicted molar refractivity (Wildman–Crippen MR) is 108 cm³/mol. The molecule has 7 heteroatoms. The first kappa shape index (κ1) is 17.5. The Bertz CT molecular complexity index is 924. The summed E-state index contributed by atoms with van der Waals surface area (Å²) in [5.41, 5.74) is 1.81. The van der Waals surface area contributed by atoms with Gasteiger partial charge in [-0.15, -0.1) is 0 Å². The molecule has 1 unspecified atom stereocenters. The van der Waals surface area contributed by atoms with Crippen molar-refractivity contribution >= 4 is 44.2 Å². The van der Waals surface area contributed by atoms with E-state index in [0.717, 1.165) is 21.0 Å². The first-order valence-electron chi connectivity index (χ1n) is 8.93. The lowest BCUT2D eigenvalue weighted by molar-refractivity contribution is -0.126. The summed E-state index contributed by atoms with van der Waals surface area (Å²) in [4.78, 5) is 30.8. The molecule has 1 atom stereocenters. The Morgan fingerprint density at radius 3 is 2.70 bits per heavy atom. The smallest absolute Gasteiger partial charge is 0.227 e. The third-order valence-corrected chi connectivity index (χ3v) is 5.55. The van der Waals surface area contributed by atoms with Gasteiger partial charge in [0.05, 0.1) is 16.1 Å². The van der Waals surface area contributed by atoms with Crippen LogP contribution in [-0.2, 0) is 9.59 Å². The van der Waals surface area contributed by atoms with Gasteiger partial charge in [-0.1, -0.05) is 41.7 Å². The Balaban J connectivity index is 1.25. The molecular weight excluding hydrogens is 360 g/mol. The summed E-state index contributed by atoms with van der Waals surface area (Å²) in [7, 11) is 0. The van der Waals surface area contributed by atoms with Crippen molar-refractivity contribution in [3.05, 3.63) is 54.6 Å². The van der Waals surface area contributed by atoms with E-state index in [9.17, 15) is 9.59 Å². The van der Waals surface area contributed by atoms with Crippen LogP contribution in [0.15, 0.2) is 54.6 Å². The topological polar surface area (TPSA) is 74.3 Å². The SMILES string of the molecule is O=C(NCCNc1nc2ccccc2s1)C1CC(=O)N(c2ccccc2)C1. The fourth-order valence-electron chi connectivity index (χ4n) is 3.19. The Hall–Kier alpha value is -2.93. The Morgan fingerprint density at radius 1 is 1.11 bits per heavy atom. The molecule has 0 spiro atoms. The maximum Gasteiger partial charge on any atom is 0.227 e. The van der Waals surface area contributed by atoms with Crippen molar-refractivity contribution in [2.75, 3.05) is 29.9 Å². The molecule has 27 heavy (non-hydrogen) atoms. The number of amides is 2. The van der Waals surface area contributed by atoms with Gasteiger partial charge in [-0.05, 0) is 24.3 Å². The van der Waals surface area contributed by atoms with Gasteiger partial charge in [-0.3, -0.25) is 9.59 Å². The average Bonchev–Trinajstić information content (AvgIpc) is 3.29. The highest BCUT2D eigenvalue weighted by molar-refractivity contribution is 7.22. The minimum absolute atomic E-state index is 0.00560. The molecule has 0 radical (unpaired) electrons. The van der Waals surface area contributed by atoms with Crippen LogP contribution < -0.4 is 15.5 Å². The minimum Gasteiger partial charge on any atom is -0.360 e. The molecule has 1 aliphatic rings. The normalized spacial score (nSPS) is 16.7. The molecule has 0 saturated carbocycles. The maximum atomic E-state index is 12.4. The summed E-state index contributed by atoms with van der Waals surface area (Å²) in [5.74, 6) is -0.387. The van der Waals surface area contributed by atoms with Crippen molar-refractivity contribution < 1.29 is 9.59 Å². The van der Waals surface area contributed by atoms with Crippen LogP contribution in [0.1, 0.15) is 6.42 Å². The molecule has 1 fully saturated rings. The molecule has 138 valence electrons. The summed E-state index contributed by atoms with van der Waals surface area (Å²) >= 11 is 1.59. The molecule has 2 heterocycles. The molecule has 1 aromatic heterocycles. The first-order chi connectivity index (χ1) is 13.2. The molecule has 4 rings (SSSR count). The van der Waals surface area contributed by atoms with E-state index in [2.05, 4.69) is 15.6 Å². The Morgan fingerprint density at radius 2 is 1.89 bits per heavy atom. The van der Waals surface area contributed by atoms with Crippen LogP contribution in [-0.4, -0.2) is 36.4 Å². The summed E-state index contributed by atoms with van der Waals surface area (Å²) < 4.78 is 1.13. The number of para-hydroxylation sites is 2. The lowest BCUT2D eigenvalue weighted by Gasteiger charge is -2.16. The molecule has 0 bridgehead atoms. The van der Waals surface area contributed by atoms with Crippen molar-refractivity contribution in [3.8, 4) is 0 Å². The fraction of sp³-hybridized carbons (Fsp3) is 0.250. The molecule has 2 aromatic carbocycles. The zero-order valence-corrected chi connectivity index (χ0v) is 15.5. The number of rotatable bonds is 6. The largest absolute Gasteiger partial charge is 0.360 e. The van der Waals surface area contributed by atoms with Crippen LogP contribution in [0.2, 0.25) is 0 Å². The van der Waals surface area contributed by atoms with Gasteiger partial charge in [-0.2, -0.15) is 0 Å². The molecule has 1 saturated heterocycles. The first-order valence-corrected chi connectivity index (χ1v) is 9.75. The number of hydrogen-bond donors (Lipinski definition) is 2. The number of fused-ring (bicyclic) bond motifs is 1. The number of benzene rings is 2. The van der Waals surface area contributed by atoms with E-state index in [1.165, 1.54) is 0 Å². The number of anilines is 2. The Kier molecular flexibility index (Phi) is 5.02. The highest BCUT2D eigenvalue weighted by Crippen LogP contribution is 2.26. The van der Waals surface area contributed by atoms with E-state index in [1.807, 2.05) is 54.6 Å². The van der Waals surface area contributed by atoms with E-state index in [1.54, 1.807) is 16.2 Å². The molecule has 1 aliphatic heterocycles. The van der Waals surface area contributed by atoms with E-state index in [-0.39, 0.29) is 24.2 Å². The number of nitrogens with one attached hydrogen (secondary N) is 2. The summed E-state index contributed by atoms with van der Waals surface area (Å²) in [6.07, 6.45) is 0.256. The number of thiazole rings is 1. The number of hydrogen-bond acceptors (Lipinski definition) is 5.